The van der Waals surface area contributed by atoms with Crippen LogP contribution in [-0.2, 0) is 9.53 Å². The summed E-state index contributed by atoms with van der Waals surface area (Å²) in [6.45, 7) is 12.5. The third-order valence-corrected chi connectivity index (χ3v) is 9.32. The molecule has 3 aromatic heterocycles. The molecule has 0 saturated carbocycles. The van der Waals surface area contributed by atoms with Crippen molar-refractivity contribution in [1.82, 2.24) is 15.0 Å². The van der Waals surface area contributed by atoms with Crippen LogP contribution in [-0.4, -0.2) is 53.6 Å². The molecule has 3 aliphatic rings. The zero-order chi connectivity index (χ0) is 29.3. The first kappa shape index (κ1) is 30.2. The smallest absolute Gasteiger partial charge is 0.664 e. The minimum Gasteiger partial charge on any atom is -0.664 e. The molecule has 0 radical (unpaired) electrons. The molecular formula is C33H34MgN4O4-2. The van der Waals surface area contributed by atoms with Gasteiger partial charge >= 0.3 is 29.0 Å². The van der Waals surface area contributed by atoms with E-state index in [4.69, 9.17) is 25.0 Å². The van der Waals surface area contributed by atoms with Crippen molar-refractivity contribution >= 4 is 58.6 Å². The SMILES string of the molecule is COC[C@H]1C(=O)c2c3[n-]c(c2C)/C=c2\[n-]/c(c(C)c2C)=C\c2[n-]c(c(C)c2C)/C=C2\[N-]/C(=C\31)[C@@H](CCC(=O)O)[C@@H]2C.[Mg+2]. The van der Waals surface area contributed by atoms with E-state index in [1.165, 1.54) is 0 Å². The molecule has 9 heteroatoms. The number of fused-ring (bicyclic) bond motifs is 7. The average Bonchev–Trinajstić information content (AvgIpc) is 3.64. The predicted octanol–water partition coefficient (Wildman–Crippen LogP) is 3.41. The van der Waals surface area contributed by atoms with Crippen molar-refractivity contribution in [1.29, 1.82) is 0 Å². The fourth-order valence-electron chi connectivity index (χ4n) is 6.48. The van der Waals surface area contributed by atoms with Crippen LogP contribution in [0.4, 0.5) is 0 Å². The van der Waals surface area contributed by atoms with E-state index in [9.17, 15) is 14.7 Å². The van der Waals surface area contributed by atoms with E-state index >= 15 is 0 Å². The summed E-state index contributed by atoms with van der Waals surface area (Å²) < 4.78 is 5.53. The number of allylic oxidation sites excluding steroid dienone is 2. The second-order valence-electron chi connectivity index (χ2n) is 11.6. The Balaban J connectivity index is 0.00000353. The molecule has 1 N–H and O–H groups in total. The number of rotatable bonds is 5. The van der Waals surface area contributed by atoms with E-state index in [1.807, 2.05) is 25.2 Å². The van der Waals surface area contributed by atoms with Crippen molar-refractivity contribution in [3.05, 3.63) is 83.6 Å². The molecule has 8 bridgehead atoms. The number of carbonyl (C=O) groups is 2. The maximum absolute atomic E-state index is 13.9. The number of Topliss-reactive ketones (excluding diaryl/α,β-unsaturated/α-hetero) is 1. The summed E-state index contributed by atoms with van der Waals surface area (Å²) in [4.78, 5) is 40.5. The molecule has 0 unspecified atom stereocenters. The first-order valence-electron chi connectivity index (χ1n) is 14.1. The van der Waals surface area contributed by atoms with Gasteiger partial charge in [0.05, 0.1) is 12.5 Å². The Morgan fingerprint density at radius 1 is 0.881 bits per heavy atom. The molecule has 3 atom stereocenters. The van der Waals surface area contributed by atoms with Crippen LogP contribution in [0.2, 0.25) is 0 Å². The van der Waals surface area contributed by atoms with Gasteiger partial charge in [0.1, 0.15) is 0 Å². The number of aliphatic carboxylic acids is 1. The molecule has 0 spiro atoms. The summed E-state index contributed by atoms with van der Waals surface area (Å²) in [5, 5.41) is 16.4. The van der Waals surface area contributed by atoms with Crippen molar-refractivity contribution in [2.45, 2.75) is 54.4 Å². The number of carbonyl (C=O) groups excluding carboxylic acids is 1. The third kappa shape index (κ3) is 4.62. The molecule has 1 fully saturated rings. The van der Waals surface area contributed by atoms with Gasteiger partial charge in [-0.1, -0.05) is 58.5 Å². The number of carboxylic acid groups (broad SMARTS) is 1. The van der Waals surface area contributed by atoms with Gasteiger partial charge in [0, 0.05) is 19.1 Å². The average molecular weight is 575 g/mol. The first-order valence-corrected chi connectivity index (χ1v) is 14.1. The molecule has 1 saturated heterocycles. The van der Waals surface area contributed by atoms with E-state index in [1.54, 1.807) is 7.11 Å². The monoisotopic (exact) mass is 574 g/mol. The summed E-state index contributed by atoms with van der Waals surface area (Å²) in [5.41, 5.74) is 11.1. The number of nitrogens with zero attached hydrogens (tertiary/aromatic N) is 4. The molecule has 6 rings (SSSR count). The predicted molar refractivity (Wildman–Crippen MR) is 163 cm³/mol. The van der Waals surface area contributed by atoms with Crippen LogP contribution in [0.15, 0.2) is 11.4 Å². The normalized spacial score (nSPS) is 25.2. The van der Waals surface area contributed by atoms with Crippen LogP contribution < -0.4 is 25.7 Å². The van der Waals surface area contributed by atoms with E-state index in [0.717, 1.165) is 66.9 Å². The Morgan fingerprint density at radius 3 is 2.07 bits per heavy atom. The number of hydrogen-bond acceptors (Lipinski definition) is 3. The molecular weight excluding hydrogens is 541 g/mol. The minimum atomic E-state index is -0.857. The van der Waals surface area contributed by atoms with Gasteiger partial charge in [-0.2, -0.15) is 11.4 Å². The molecule has 42 heavy (non-hydrogen) atoms. The summed E-state index contributed by atoms with van der Waals surface area (Å²) in [5.74, 6) is -1.68. The van der Waals surface area contributed by atoms with Crippen LogP contribution >= 0.6 is 0 Å². The van der Waals surface area contributed by atoms with Gasteiger partial charge in [-0.25, -0.2) is 0 Å². The van der Waals surface area contributed by atoms with Gasteiger partial charge in [-0.3, -0.25) is 9.59 Å². The van der Waals surface area contributed by atoms with Crippen LogP contribution in [0.5, 0.6) is 0 Å². The van der Waals surface area contributed by atoms with Crippen molar-refractivity contribution in [3.63, 3.8) is 0 Å². The zero-order valence-electron chi connectivity index (χ0n) is 25.3. The molecule has 5 heterocycles. The summed E-state index contributed by atoms with van der Waals surface area (Å²) >= 11 is 0. The maximum Gasteiger partial charge on any atom is 2.00 e. The Kier molecular flexibility index (Phi) is 7.98. The number of ether oxygens (including phenoxy) is 1. The summed E-state index contributed by atoms with van der Waals surface area (Å²) in [6.07, 6.45) is 6.43. The largest absolute Gasteiger partial charge is 2.00 e. The van der Waals surface area contributed by atoms with Crippen molar-refractivity contribution in [2.75, 3.05) is 13.7 Å². The van der Waals surface area contributed by atoms with E-state index in [-0.39, 0.29) is 53.7 Å². The molecule has 3 aromatic rings. The molecule has 0 amide bonds. The number of ketones is 1. The Bertz CT molecular complexity index is 1820. The van der Waals surface area contributed by atoms with Crippen molar-refractivity contribution in [2.24, 2.45) is 17.8 Å². The van der Waals surface area contributed by atoms with Gasteiger partial charge in [0.2, 0.25) is 0 Å². The quantitative estimate of drug-likeness (QED) is 0.464. The van der Waals surface area contributed by atoms with Gasteiger partial charge in [-0.05, 0) is 52.9 Å². The molecule has 1 aliphatic carbocycles. The number of carboxylic acids is 1. The Labute approximate surface area is 261 Å². The molecule has 8 nitrogen and oxygen atoms in total. The van der Waals surface area contributed by atoms with Gasteiger partial charge in [0.15, 0.2) is 5.78 Å². The van der Waals surface area contributed by atoms with Gasteiger partial charge in [-0.15, -0.1) is 33.5 Å². The first-order chi connectivity index (χ1) is 19.5. The second-order valence-corrected chi connectivity index (χ2v) is 11.6. The van der Waals surface area contributed by atoms with Crippen molar-refractivity contribution < 1.29 is 19.4 Å². The molecule has 0 aromatic carbocycles. The molecule has 2 aliphatic heterocycles. The topological polar surface area (TPSA) is 120 Å². The Morgan fingerprint density at radius 2 is 1.48 bits per heavy atom. The molecule has 214 valence electrons. The second kappa shape index (κ2) is 11.1. The number of methoxy groups -OCH3 is 1. The van der Waals surface area contributed by atoms with Crippen LogP contribution in [0, 0.1) is 52.4 Å². The van der Waals surface area contributed by atoms with E-state index in [0.29, 0.717) is 23.4 Å². The van der Waals surface area contributed by atoms with E-state index in [2.05, 4.69) is 34.6 Å². The number of aromatic nitrogens is 3. The fraction of sp³-hybridized carbons (Fsp3) is 0.394. The number of hydrogen-bond donors (Lipinski definition) is 1. The van der Waals surface area contributed by atoms with Gasteiger partial charge < -0.3 is 30.1 Å². The fourth-order valence-corrected chi connectivity index (χ4v) is 6.48. The van der Waals surface area contributed by atoms with Gasteiger partial charge in [0.25, 0.3) is 0 Å². The van der Waals surface area contributed by atoms with Crippen LogP contribution in [0.25, 0.3) is 29.1 Å². The summed E-state index contributed by atoms with van der Waals surface area (Å²) in [7, 11) is 1.59. The zero-order valence-corrected chi connectivity index (χ0v) is 26.7. The van der Waals surface area contributed by atoms with E-state index < -0.39 is 11.9 Å². The Hall–Kier alpha value is -3.27. The third-order valence-electron chi connectivity index (χ3n) is 9.32. The summed E-state index contributed by atoms with van der Waals surface area (Å²) in [6, 6.07) is 0. The minimum absolute atomic E-state index is 0. The van der Waals surface area contributed by atoms with Crippen LogP contribution in [0.3, 0.4) is 0 Å². The maximum atomic E-state index is 13.9. The standard InChI is InChI=1S/C33H36N4O4.Mg/c1-14-16(3)24-11-26-18(5)20(8-9-28(38)39)31(36-26)30-21(13-41-7)33(40)29-19(6)27(37-32(29)30)12-25-17(4)15(2)23(35-25)10-22(14)34-24;/h10-12,18,20-21H,8-9,13H2,1-7H3,(H3,36,37,38,39,40);/q-2;+2/p-2/b23-10-,25-12-,26-11-;/t18-,20-,21+;/m0./s1. The van der Waals surface area contributed by atoms with Crippen molar-refractivity contribution in [3.8, 4) is 0 Å². The van der Waals surface area contributed by atoms with Crippen LogP contribution in [0.1, 0.15) is 80.7 Å².